The van der Waals surface area contributed by atoms with Gasteiger partial charge in [0.1, 0.15) is 0 Å². The Morgan fingerprint density at radius 1 is 0.528 bits per heavy atom. The minimum atomic E-state index is 0.230. The lowest BCUT2D eigenvalue weighted by Crippen LogP contribution is -2.62. The van der Waals surface area contributed by atoms with Gasteiger partial charge >= 0.3 is 0 Å². The van der Waals surface area contributed by atoms with E-state index in [1.165, 1.54) is 102 Å². The fourth-order valence-corrected chi connectivity index (χ4v) is 14.4. The van der Waals surface area contributed by atoms with Gasteiger partial charge in [-0.3, -0.25) is 0 Å². The van der Waals surface area contributed by atoms with E-state index in [9.17, 15) is 0 Å². The van der Waals surface area contributed by atoms with E-state index in [0.29, 0.717) is 5.41 Å². The summed E-state index contributed by atoms with van der Waals surface area (Å²) in [5, 5.41) is 5.17. The monoisotopic (exact) mass is 697 g/mol. The minimum absolute atomic E-state index is 0.230. The summed E-state index contributed by atoms with van der Waals surface area (Å²) in [6.45, 7) is 0. The van der Waals surface area contributed by atoms with Crippen molar-refractivity contribution in [1.29, 1.82) is 0 Å². The average molecular weight is 698 g/mol. The van der Waals surface area contributed by atoms with Gasteiger partial charge in [-0.15, -0.1) is 11.3 Å². The van der Waals surface area contributed by atoms with Gasteiger partial charge in [-0.25, -0.2) is 0 Å². The summed E-state index contributed by atoms with van der Waals surface area (Å²) in [5.74, 6) is 3.71. The number of fused-ring (bicyclic) bond motifs is 7. The molecule has 2 spiro atoms. The van der Waals surface area contributed by atoms with E-state index in [1.807, 2.05) is 11.3 Å². The van der Waals surface area contributed by atoms with Crippen LogP contribution in [0.4, 0.5) is 17.1 Å². The molecule has 0 amide bonds. The molecule has 2 heteroatoms. The molecule has 5 fully saturated rings. The summed E-state index contributed by atoms with van der Waals surface area (Å²) in [5.41, 5.74) is 13.2. The van der Waals surface area contributed by atoms with Gasteiger partial charge in [0.25, 0.3) is 0 Å². The van der Waals surface area contributed by atoms with Crippen LogP contribution in [0.15, 0.2) is 152 Å². The number of hydrogen-bond donors (Lipinski definition) is 0. The molecule has 1 aromatic heterocycles. The fraction of sp³-hybridized carbons (Fsp3) is 0.216. The minimum Gasteiger partial charge on any atom is -0.310 e. The molecule has 6 atom stereocenters. The van der Waals surface area contributed by atoms with Gasteiger partial charge in [-0.05, 0) is 142 Å². The second kappa shape index (κ2) is 10.3. The van der Waals surface area contributed by atoms with Crippen molar-refractivity contribution in [3.8, 4) is 22.3 Å². The molecule has 8 aromatic rings. The molecule has 0 radical (unpaired) electrons. The number of benzene rings is 7. The number of nitrogens with zero attached hydrogens (tertiary/aromatic N) is 1. The van der Waals surface area contributed by atoms with Crippen molar-refractivity contribution >= 4 is 59.3 Å². The third-order valence-electron chi connectivity index (χ3n) is 14.9. The third kappa shape index (κ3) is 3.64. The van der Waals surface area contributed by atoms with Gasteiger partial charge in [0.2, 0.25) is 0 Å². The van der Waals surface area contributed by atoms with Crippen LogP contribution in [0.25, 0.3) is 53.2 Å². The van der Waals surface area contributed by atoms with Gasteiger partial charge in [0.15, 0.2) is 0 Å². The van der Waals surface area contributed by atoms with E-state index in [0.717, 1.165) is 23.7 Å². The molecule has 254 valence electrons. The molecule has 6 unspecified atom stereocenters. The van der Waals surface area contributed by atoms with Crippen LogP contribution in [0.1, 0.15) is 43.2 Å². The predicted molar refractivity (Wildman–Crippen MR) is 223 cm³/mol. The van der Waals surface area contributed by atoms with Gasteiger partial charge < -0.3 is 4.90 Å². The van der Waals surface area contributed by atoms with Gasteiger partial charge in [0, 0.05) is 42.3 Å². The fourth-order valence-electron chi connectivity index (χ4n) is 13.3. The first-order chi connectivity index (χ1) is 26.2. The van der Waals surface area contributed by atoms with Gasteiger partial charge in [0.05, 0.1) is 5.69 Å². The summed E-state index contributed by atoms with van der Waals surface area (Å²) in [6.07, 6.45) is 7.34. The van der Waals surface area contributed by atoms with Crippen LogP contribution in [-0.4, -0.2) is 0 Å². The van der Waals surface area contributed by atoms with Crippen molar-refractivity contribution in [3.05, 3.63) is 163 Å². The lowest BCUT2D eigenvalue weighted by Gasteiger charge is -2.67. The highest BCUT2D eigenvalue weighted by atomic mass is 32.1. The zero-order valence-corrected chi connectivity index (χ0v) is 30.5. The normalized spacial score (nSPS) is 27.0. The first-order valence-corrected chi connectivity index (χ1v) is 20.6. The van der Waals surface area contributed by atoms with Crippen molar-refractivity contribution in [3.63, 3.8) is 0 Å². The van der Waals surface area contributed by atoms with Gasteiger partial charge in [-0.2, -0.15) is 0 Å². The summed E-state index contributed by atoms with van der Waals surface area (Å²) < 4.78 is 2.65. The van der Waals surface area contributed by atoms with E-state index in [1.54, 1.807) is 11.1 Å². The second-order valence-electron chi connectivity index (χ2n) is 17.0. The second-order valence-corrected chi connectivity index (χ2v) is 18.1. The maximum Gasteiger partial charge on any atom is 0.0540 e. The topological polar surface area (TPSA) is 3.24 Å². The number of anilines is 3. The standard InChI is InChI=1S/C51H39NS/c1-2-10-39-33(8-1)9-7-14-47(39)52(38-21-22-42-41-12-4-6-15-48(41)53-49(42)28-38)37-19-16-32(17-20-37)34-18-23-45-43(26-34)40-11-3-5-13-44(40)51(45)36-25-31-24-35-30-50(51,29-31)46(35)27-36/h1-23,26,28,31,35-36,46H,24-25,27,29-30H2. The van der Waals surface area contributed by atoms with Gasteiger partial charge in [-0.1, -0.05) is 109 Å². The Morgan fingerprint density at radius 2 is 1.28 bits per heavy atom. The summed E-state index contributed by atoms with van der Waals surface area (Å²) in [4.78, 5) is 2.45. The third-order valence-corrected chi connectivity index (χ3v) is 16.1. The Balaban J connectivity index is 0.935. The molecule has 5 saturated carbocycles. The van der Waals surface area contributed by atoms with Crippen LogP contribution < -0.4 is 4.90 Å². The van der Waals surface area contributed by atoms with Crippen molar-refractivity contribution in [2.24, 2.45) is 29.1 Å². The molecule has 6 aliphatic carbocycles. The summed E-state index contributed by atoms with van der Waals surface area (Å²) in [6, 6.07) is 57.8. The lowest BCUT2D eigenvalue weighted by atomic mass is 9.36. The molecule has 0 aliphatic heterocycles. The van der Waals surface area contributed by atoms with Crippen LogP contribution in [0, 0.1) is 29.1 Å². The maximum absolute atomic E-state index is 2.58. The van der Waals surface area contributed by atoms with E-state index in [4.69, 9.17) is 0 Å². The molecular weight excluding hydrogens is 659 g/mol. The highest BCUT2D eigenvalue weighted by Gasteiger charge is 2.78. The quantitative estimate of drug-likeness (QED) is 0.177. The lowest BCUT2D eigenvalue weighted by molar-refractivity contribution is -0.140. The van der Waals surface area contributed by atoms with Crippen LogP contribution in [0.5, 0.6) is 0 Å². The molecular formula is C51H39NS. The van der Waals surface area contributed by atoms with E-state index >= 15 is 0 Å². The number of hydrogen-bond acceptors (Lipinski definition) is 2. The first-order valence-electron chi connectivity index (χ1n) is 19.7. The highest BCUT2D eigenvalue weighted by Crippen LogP contribution is 2.84. The average Bonchev–Trinajstić information content (AvgIpc) is 3.72. The van der Waals surface area contributed by atoms with Crippen molar-refractivity contribution in [1.82, 2.24) is 0 Å². The largest absolute Gasteiger partial charge is 0.310 e. The van der Waals surface area contributed by atoms with Crippen molar-refractivity contribution < 1.29 is 0 Å². The van der Waals surface area contributed by atoms with Crippen molar-refractivity contribution in [2.75, 3.05) is 4.90 Å². The SMILES string of the molecule is c1ccc2c(c1)-c1cc(-c3ccc(N(c4ccc5c(c4)sc4ccccc45)c4cccc5ccccc45)cc3)ccc1C21C2CC3CC4CC1(C3)C4C2. The molecule has 6 aliphatic rings. The Morgan fingerprint density at radius 3 is 2.23 bits per heavy atom. The summed E-state index contributed by atoms with van der Waals surface area (Å²) >= 11 is 1.88. The van der Waals surface area contributed by atoms with E-state index < -0.39 is 0 Å². The number of thiophene rings is 1. The molecule has 14 rings (SSSR count). The first kappa shape index (κ1) is 29.3. The summed E-state index contributed by atoms with van der Waals surface area (Å²) in [7, 11) is 0. The highest BCUT2D eigenvalue weighted by molar-refractivity contribution is 7.25. The predicted octanol–water partition coefficient (Wildman–Crippen LogP) is 14.1. The van der Waals surface area contributed by atoms with Crippen molar-refractivity contribution in [2.45, 2.75) is 37.5 Å². The van der Waals surface area contributed by atoms with Crippen LogP contribution in [0.2, 0.25) is 0 Å². The Bertz CT molecular complexity index is 2820. The molecule has 1 nitrogen and oxygen atoms in total. The Labute approximate surface area is 314 Å². The van der Waals surface area contributed by atoms with E-state index in [2.05, 4.69) is 157 Å². The Kier molecular flexibility index (Phi) is 5.68. The van der Waals surface area contributed by atoms with Crippen LogP contribution >= 0.6 is 11.3 Å². The molecule has 4 bridgehead atoms. The molecule has 0 saturated heterocycles. The zero-order valence-electron chi connectivity index (χ0n) is 29.6. The van der Waals surface area contributed by atoms with E-state index in [-0.39, 0.29) is 5.41 Å². The molecule has 1 heterocycles. The molecule has 53 heavy (non-hydrogen) atoms. The smallest absolute Gasteiger partial charge is 0.0540 e. The van der Waals surface area contributed by atoms with Crippen LogP contribution in [-0.2, 0) is 5.41 Å². The van der Waals surface area contributed by atoms with Crippen LogP contribution in [0.3, 0.4) is 0 Å². The number of rotatable bonds is 4. The zero-order chi connectivity index (χ0) is 34.5. The maximum atomic E-state index is 2.58. The molecule has 7 aromatic carbocycles. The Hall–Kier alpha value is -5.18. The molecule has 0 N–H and O–H groups in total.